The first-order chi connectivity index (χ1) is 13.4. The first-order valence-electron chi connectivity index (χ1n) is 7.88. The standard InChI is InChI=1S/C19H12BrN3O5/c1-2-8-28-17-15(20)10-12(11-16(17)23(26)27)9-14-18(24)21-22(19(14)25)13-6-4-3-5-7-13/h1,3-7,9-11H,8H2,(H,21,24). The lowest BCUT2D eigenvalue weighted by atomic mass is 10.1. The molecule has 0 aromatic heterocycles. The Morgan fingerprint density at radius 1 is 1.29 bits per heavy atom. The van der Waals surface area contributed by atoms with Crippen LogP contribution in [0.15, 0.2) is 52.5 Å². The Morgan fingerprint density at radius 2 is 2.00 bits per heavy atom. The second kappa shape index (κ2) is 7.94. The Hall–Kier alpha value is -3.64. The van der Waals surface area contributed by atoms with E-state index in [4.69, 9.17) is 11.2 Å². The summed E-state index contributed by atoms with van der Waals surface area (Å²) in [7, 11) is 0. The molecule has 1 aliphatic heterocycles. The molecule has 1 saturated heterocycles. The molecule has 3 rings (SSSR count). The minimum Gasteiger partial charge on any atom is -0.473 e. The van der Waals surface area contributed by atoms with Crippen LogP contribution in [0.5, 0.6) is 5.75 Å². The maximum absolute atomic E-state index is 12.6. The number of carbonyl (C=O) groups excluding carboxylic acids is 2. The molecule has 28 heavy (non-hydrogen) atoms. The molecule has 0 unspecified atom stereocenters. The second-order valence-electron chi connectivity index (χ2n) is 5.58. The van der Waals surface area contributed by atoms with E-state index in [-0.39, 0.29) is 33.7 Å². The van der Waals surface area contributed by atoms with E-state index < -0.39 is 16.7 Å². The number of hydrogen-bond donors (Lipinski definition) is 1. The van der Waals surface area contributed by atoms with Gasteiger partial charge in [0.05, 0.1) is 15.1 Å². The summed E-state index contributed by atoms with van der Waals surface area (Å²) in [4.78, 5) is 35.6. The average molecular weight is 442 g/mol. The number of ether oxygens (including phenoxy) is 1. The Bertz CT molecular complexity index is 1040. The number of nitro groups is 1. The van der Waals surface area contributed by atoms with Gasteiger partial charge in [-0.2, -0.15) is 0 Å². The molecule has 0 radical (unpaired) electrons. The van der Waals surface area contributed by atoms with Gasteiger partial charge in [0, 0.05) is 6.07 Å². The highest BCUT2D eigenvalue weighted by atomic mass is 79.9. The lowest BCUT2D eigenvalue weighted by molar-refractivity contribution is -0.385. The number of nitrogens with one attached hydrogen (secondary N) is 1. The molecule has 1 heterocycles. The third-order valence-corrected chi connectivity index (χ3v) is 4.35. The van der Waals surface area contributed by atoms with Gasteiger partial charge in [-0.15, -0.1) is 6.42 Å². The fraction of sp³-hybridized carbons (Fsp3) is 0.0526. The molecule has 2 aromatic carbocycles. The van der Waals surface area contributed by atoms with Gasteiger partial charge in [-0.3, -0.25) is 25.1 Å². The van der Waals surface area contributed by atoms with E-state index in [0.717, 1.165) is 5.01 Å². The van der Waals surface area contributed by atoms with Gasteiger partial charge >= 0.3 is 5.69 Å². The van der Waals surface area contributed by atoms with Crippen LogP contribution >= 0.6 is 15.9 Å². The number of nitrogens with zero attached hydrogens (tertiary/aromatic N) is 2. The number of nitro benzene ring substituents is 1. The van der Waals surface area contributed by atoms with Crippen LogP contribution < -0.4 is 15.2 Å². The minimum atomic E-state index is -0.634. The molecule has 1 N–H and O–H groups in total. The zero-order valence-electron chi connectivity index (χ0n) is 14.2. The molecule has 0 bridgehead atoms. The highest BCUT2D eigenvalue weighted by Gasteiger charge is 2.34. The largest absolute Gasteiger partial charge is 0.473 e. The normalized spacial score (nSPS) is 14.7. The van der Waals surface area contributed by atoms with Crippen LogP contribution in [0, 0.1) is 22.5 Å². The van der Waals surface area contributed by atoms with Crippen LogP contribution in [-0.2, 0) is 9.59 Å². The van der Waals surface area contributed by atoms with Gasteiger partial charge in [0.25, 0.3) is 11.8 Å². The number of carbonyl (C=O) groups is 2. The smallest absolute Gasteiger partial charge is 0.312 e. The summed E-state index contributed by atoms with van der Waals surface area (Å²) >= 11 is 3.20. The quantitative estimate of drug-likeness (QED) is 0.252. The van der Waals surface area contributed by atoms with Crippen molar-refractivity contribution in [3.63, 3.8) is 0 Å². The van der Waals surface area contributed by atoms with Crippen molar-refractivity contribution in [2.45, 2.75) is 0 Å². The monoisotopic (exact) mass is 441 g/mol. The first kappa shape index (κ1) is 19.1. The number of terminal acetylenes is 1. The molecule has 9 heteroatoms. The van der Waals surface area contributed by atoms with Crippen LogP contribution in [0.3, 0.4) is 0 Å². The molecule has 8 nitrogen and oxygen atoms in total. The molecule has 1 fully saturated rings. The summed E-state index contributed by atoms with van der Waals surface area (Å²) < 4.78 is 5.49. The van der Waals surface area contributed by atoms with Crippen molar-refractivity contribution in [1.82, 2.24) is 5.43 Å². The van der Waals surface area contributed by atoms with E-state index in [1.807, 2.05) is 0 Å². The van der Waals surface area contributed by atoms with Gasteiger partial charge in [-0.1, -0.05) is 24.1 Å². The molecule has 2 aromatic rings. The summed E-state index contributed by atoms with van der Waals surface area (Å²) in [6, 6.07) is 11.3. The Morgan fingerprint density at radius 3 is 2.64 bits per heavy atom. The molecule has 0 saturated carbocycles. The van der Waals surface area contributed by atoms with Gasteiger partial charge in [0.2, 0.25) is 5.75 Å². The Labute approximate surface area is 168 Å². The van der Waals surface area contributed by atoms with E-state index in [0.29, 0.717) is 5.69 Å². The number of para-hydroxylation sites is 1. The SMILES string of the molecule is C#CCOc1c(Br)cc(C=C2C(=O)NN(c3ccccc3)C2=O)cc1[N+](=O)[O-]. The number of amides is 2. The van der Waals surface area contributed by atoms with E-state index in [1.54, 1.807) is 30.3 Å². The zero-order chi connectivity index (χ0) is 20.3. The van der Waals surface area contributed by atoms with Gasteiger partial charge in [-0.25, -0.2) is 5.01 Å². The molecule has 0 spiro atoms. The van der Waals surface area contributed by atoms with Crippen LogP contribution in [0.2, 0.25) is 0 Å². The number of hydrogen-bond acceptors (Lipinski definition) is 5. The fourth-order valence-corrected chi connectivity index (χ4v) is 3.14. The highest BCUT2D eigenvalue weighted by Crippen LogP contribution is 2.37. The van der Waals surface area contributed by atoms with Gasteiger partial charge in [0.15, 0.2) is 0 Å². The zero-order valence-corrected chi connectivity index (χ0v) is 15.8. The number of rotatable bonds is 5. The Kier molecular flexibility index (Phi) is 5.42. The van der Waals surface area contributed by atoms with Crippen LogP contribution in [0.1, 0.15) is 5.56 Å². The predicted octanol–water partition coefficient (Wildman–Crippen LogP) is 2.83. The molecule has 140 valence electrons. The van der Waals surface area contributed by atoms with Crippen LogP contribution in [-0.4, -0.2) is 23.3 Å². The van der Waals surface area contributed by atoms with Crippen molar-refractivity contribution in [2.24, 2.45) is 0 Å². The molecular formula is C19H12BrN3O5. The maximum atomic E-state index is 12.6. The first-order valence-corrected chi connectivity index (χ1v) is 8.68. The molecular weight excluding hydrogens is 430 g/mol. The van der Waals surface area contributed by atoms with Crippen LogP contribution in [0.4, 0.5) is 11.4 Å². The Balaban J connectivity index is 1.99. The van der Waals surface area contributed by atoms with Crippen molar-refractivity contribution >= 4 is 45.2 Å². The molecule has 1 aliphatic rings. The lowest BCUT2D eigenvalue weighted by Crippen LogP contribution is -2.35. The number of anilines is 1. The third-order valence-electron chi connectivity index (χ3n) is 3.76. The summed E-state index contributed by atoms with van der Waals surface area (Å²) in [5.41, 5.74) is 2.74. The van der Waals surface area contributed by atoms with Crippen molar-refractivity contribution in [3.8, 4) is 18.1 Å². The molecule has 0 atom stereocenters. The topological polar surface area (TPSA) is 102 Å². The van der Waals surface area contributed by atoms with E-state index >= 15 is 0 Å². The van der Waals surface area contributed by atoms with Crippen molar-refractivity contribution in [1.29, 1.82) is 0 Å². The fourth-order valence-electron chi connectivity index (χ4n) is 2.56. The van der Waals surface area contributed by atoms with Gasteiger partial charge < -0.3 is 4.74 Å². The van der Waals surface area contributed by atoms with E-state index in [1.165, 1.54) is 18.2 Å². The van der Waals surface area contributed by atoms with Gasteiger partial charge in [0.1, 0.15) is 12.2 Å². The summed E-state index contributed by atoms with van der Waals surface area (Å²) in [6.45, 7) is -0.146. The van der Waals surface area contributed by atoms with E-state index in [9.17, 15) is 19.7 Å². The average Bonchev–Trinajstić information content (AvgIpc) is 2.95. The van der Waals surface area contributed by atoms with Crippen LogP contribution in [0.25, 0.3) is 6.08 Å². The van der Waals surface area contributed by atoms with Gasteiger partial charge in [-0.05, 0) is 45.8 Å². The summed E-state index contributed by atoms with van der Waals surface area (Å²) in [5.74, 6) is 1.03. The lowest BCUT2D eigenvalue weighted by Gasteiger charge is -2.13. The second-order valence-corrected chi connectivity index (χ2v) is 6.43. The van der Waals surface area contributed by atoms with E-state index in [2.05, 4.69) is 27.3 Å². The minimum absolute atomic E-state index is 0.0294. The maximum Gasteiger partial charge on any atom is 0.312 e. The molecule has 2 amide bonds. The molecule has 0 aliphatic carbocycles. The summed E-state index contributed by atoms with van der Waals surface area (Å²) in [5, 5.41) is 12.5. The third kappa shape index (κ3) is 3.72. The predicted molar refractivity (Wildman–Crippen MR) is 105 cm³/mol. The number of halogens is 1. The van der Waals surface area contributed by atoms with Crippen molar-refractivity contribution in [2.75, 3.05) is 11.6 Å². The number of benzene rings is 2. The van der Waals surface area contributed by atoms with Crippen molar-refractivity contribution in [3.05, 3.63) is 68.2 Å². The highest BCUT2D eigenvalue weighted by molar-refractivity contribution is 9.10. The summed E-state index contributed by atoms with van der Waals surface area (Å²) in [6.07, 6.45) is 6.41. The number of hydrazine groups is 1. The van der Waals surface area contributed by atoms with Crippen molar-refractivity contribution < 1.29 is 19.2 Å².